The van der Waals surface area contributed by atoms with Crippen LogP contribution in [-0.4, -0.2) is 64.2 Å². The zero-order valence-corrected chi connectivity index (χ0v) is 18.2. The number of carboxylic acids is 1. The molecule has 0 aliphatic rings. The van der Waals surface area contributed by atoms with Crippen LogP contribution in [0.3, 0.4) is 0 Å². The summed E-state index contributed by atoms with van der Waals surface area (Å²) < 4.78 is 0. The van der Waals surface area contributed by atoms with E-state index >= 15 is 0 Å². The van der Waals surface area contributed by atoms with Crippen molar-refractivity contribution in [1.82, 2.24) is 16.0 Å². The van der Waals surface area contributed by atoms with E-state index in [9.17, 15) is 29.4 Å². The summed E-state index contributed by atoms with van der Waals surface area (Å²) in [4.78, 5) is 48.8. The minimum Gasteiger partial charge on any atom is -0.480 e. The van der Waals surface area contributed by atoms with Crippen LogP contribution >= 0.6 is 0 Å². The molecule has 0 spiro atoms. The first-order chi connectivity index (χ1) is 14.4. The molecule has 0 aliphatic carbocycles. The van der Waals surface area contributed by atoms with E-state index in [0.29, 0.717) is 0 Å². The van der Waals surface area contributed by atoms with Crippen molar-refractivity contribution < 1.29 is 29.4 Å². The Bertz CT molecular complexity index is 768. The number of rotatable bonds is 11. The largest absolute Gasteiger partial charge is 0.480 e. The number of aliphatic carboxylic acids is 1. The number of carbonyl (C=O) groups excluding carboxylic acids is 3. The molecule has 172 valence electrons. The van der Waals surface area contributed by atoms with E-state index in [1.54, 1.807) is 44.2 Å². The summed E-state index contributed by atoms with van der Waals surface area (Å²) in [5.74, 6) is -3.55. The van der Waals surface area contributed by atoms with Gasteiger partial charge in [0, 0.05) is 6.42 Å². The second kappa shape index (κ2) is 12.0. The summed E-state index contributed by atoms with van der Waals surface area (Å²) in [7, 11) is 0. The van der Waals surface area contributed by atoms with Gasteiger partial charge in [0.25, 0.3) is 0 Å². The lowest BCUT2D eigenvalue weighted by molar-refractivity contribution is -0.143. The Labute approximate surface area is 181 Å². The fourth-order valence-corrected chi connectivity index (χ4v) is 2.72. The molecule has 0 aliphatic heterocycles. The fraction of sp³-hybridized carbons (Fsp3) is 0.524. The maximum Gasteiger partial charge on any atom is 0.326 e. The third-order valence-corrected chi connectivity index (χ3v) is 4.72. The number of hydrogen-bond acceptors (Lipinski definition) is 6. The molecule has 31 heavy (non-hydrogen) atoms. The molecular formula is C21H32N4O6. The van der Waals surface area contributed by atoms with Gasteiger partial charge in [-0.15, -0.1) is 0 Å². The summed E-state index contributed by atoms with van der Waals surface area (Å²) in [5, 5.41) is 26.2. The summed E-state index contributed by atoms with van der Waals surface area (Å²) in [6.45, 7) is 6.07. The van der Waals surface area contributed by atoms with Crippen molar-refractivity contribution in [3.05, 3.63) is 35.9 Å². The molecule has 0 radical (unpaired) electrons. The number of benzene rings is 1. The van der Waals surface area contributed by atoms with Crippen LogP contribution < -0.4 is 21.7 Å². The normalized spacial score (nSPS) is 15.8. The first-order valence-electron chi connectivity index (χ1n) is 10.1. The second-order valence-corrected chi connectivity index (χ2v) is 7.82. The SMILES string of the molecule is CC(NC(=O)C(Cc1ccccc1)NC(=O)C(N)C(C)O)C(=O)NC(C(=O)O)C(C)C. The van der Waals surface area contributed by atoms with Crippen LogP contribution in [0, 0.1) is 5.92 Å². The molecule has 0 aromatic heterocycles. The van der Waals surface area contributed by atoms with Gasteiger partial charge in [-0.05, 0) is 25.3 Å². The molecule has 5 unspecified atom stereocenters. The van der Waals surface area contributed by atoms with E-state index in [4.69, 9.17) is 5.73 Å². The minimum atomic E-state index is -1.23. The molecule has 0 bridgehead atoms. The highest BCUT2D eigenvalue weighted by Gasteiger charge is 2.30. The third-order valence-electron chi connectivity index (χ3n) is 4.72. The quantitative estimate of drug-likeness (QED) is 0.262. The van der Waals surface area contributed by atoms with Gasteiger partial charge in [0.05, 0.1) is 6.10 Å². The number of carbonyl (C=O) groups is 4. The lowest BCUT2D eigenvalue weighted by atomic mass is 10.0. The van der Waals surface area contributed by atoms with Crippen molar-refractivity contribution in [2.45, 2.75) is 64.4 Å². The molecule has 1 rings (SSSR count). The standard InChI is InChI=1S/C21H32N4O6/c1-11(2)17(21(30)31)25-18(27)12(3)23-19(28)15(10-14-8-6-5-7-9-14)24-20(29)16(22)13(4)26/h5-9,11-13,15-17,26H,10,22H2,1-4H3,(H,23,28)(H,24,29)(H,25,27)(H,30,31). The Kier molecular flexibility index (Phi) is 10.1. The molecule has 10 nitrogen and oxygen atoms in total. The van der Waals surface area contributed by atoms with Crippen LogP contribution in [0.4, 0.5) is 0 Å². The predicted molar refractivity (Wildman–Crippen MR) is 114 cm³/mol. The maximum atomic E-state index is 12.8. The summed E-state index contributed by atoms with van der Waals surface area (Å²) in [6, 6.07) is 4.48. The fourth-order valence-electron chi connectivity index (χ4n) is 2.72. The lowest BCUT2D eigenvalue weighted by Gasteiger charge is -2.25. The van der Waals surface area contributed by atoms with Crippen LogP contribution in [0.1, 0.15) is 33.3 Å². The topological polar surface area (TPSA) is 171 Å². The molecule has 10 heteroatoms. The molecule has 0 saturated carbocycles. The highest BCUT2D eigenvalue weighted by Crippen LogP contribution is 2.06. The molecule has 5 atom stereocenters. The van der Waals surface area contributed by atoms with Gasteiger partial charge in [0.15, 0.2) is 0 Å². The molecule has 7 N–H and O–H groups in total. The summed E-state index contributed by atoms with van der Waals surface area (Å²) >= 11 is 0. The highest BCUT2D eigenvalue weighted by atomic mass is 16.4. The van der Waals surface area contributed by atoms with Crippen LogP contribution in [0.25, 0.3) is 0 Å². The zero-order valence-electron chi connectivity index (χ0n) is 18.2. The van der Waals surface area contributed by atoms with Gasteiger partial charge in [0.1, 0.15) is 24.2 Å². The van der Waals surface area contributed by atoms with Gasteiger partial charge in [-0.1, -0.05) is 44.2 Å². The van der Waals surface area contributed by atoms with Gasteiger partial charge in [0.2, 0.25) is 17.7 Å². The number of nitrogens with one attached hydrogen (secondary N) is 3. The van der Waals surface area contributed by atoms with E-state index in [0.717, 1.165) is 5.56 Å². The molecule has 1 aromatic rings. The second-order valence-electron chi connectivity index (χ2n) is 7.82. The smallest absolute Gasteiger partial charge is 0.326 e. The van der Waals surface area contributed by atoms with E-state index < -0.39 is 54.0 Å². The van der Waals surface area contributed by atoms with Gasteiger partial charge >= 0.3 is 5.97 Å². The van der Waals surface area contributed by atoms with E-state index in [2.05, 4.69) is 16.0 Å². The number of nitrogens with two attached hydrogens (primary N) is 1. The molecule has 1 aromatic carbocycles. The molecule has 0 fully saturated rings. The molecular weight excluding hydrogens is 404 g/mol. The van der Waals surface area contributed by atoms with Gasteiger partial charge < -0.3 is 31.9 Å². The summed E-state index contributed by atoms with van der Waals surface area (Å²) in [5.41, 5.74) is 6.41. The Morgan fingerprint density at radius 2 is 1.48 bits per heavy atom. The van der Waals surface area contributed by atoms with Crippen molar-refractivity contribution in [2.24, 2.45) is 11.7 Å². The zero-order chi connectivity index (χ0) is 23.7. The Hall–Kier alpha value is -2.98. The first-order valence-corrected chi connectivity index (χ1v) is 10.1. The highest BCUT2D eigenvalue weighted by molar-refractivity contribution is 5.94. The Morgan fingerprint density at radius 3 is 1.97 bits per heavy atom. The van der Waals surface area contributed by atoms with Crippen LogP contribution in [0.2, 0.25) is 0 Å². The van der Waals surface area contributed by atoms with E-state index in [1.165, 1.54) is 13.8 Å². The lowest BCUT2D eigenvalue weighted by Crippen LogP contribution is -2.58. The Morgan fingerprint density at radius 1 is 0.903 bits per heavy atom. The van der Waals surface area contributed by atoms with Crippen molar-refractivity contribution in [3.63, 3.8) is 0 Å². The maximum absolute atomic E-state index is 12.8. The molecule has 3 amide bonds. The minimum absolute atomic E-state index is 0.128. The van der Waals surface area contributed by atoms with E-state index in [-0.39, 0.29) is 12.3 Å². The predicted octanol–water partition coefficient (Wildman–Crippen LogP) is -0.848. The number of hydrogen-bond donors (Lipinski definition) is 6. The van der Waals surface area contributed by atoms with Crippen molar-refractivity contribution >= 4 is 23.7 Å². The monoisotopic (exact) mass is 436 g/mol. The number of aliphatic hydroxyl groups is 1. The molecule has 0 heterocycles. The average Bonchev–Trinajstić information content (AvgIpc) is 2.70. The Balaban J connectivity index is 2.91. The van der Waals surface area contributed by atoms with Crippen molar-refractivity contribution in [2.75, 3.05) is 0 Å². The van der Waals surface area contributed by atoms with Crippen LogP contribution in [-0.2, 0) is 25.6 Å². The number of amides is 3. The summed E-state index contributed by atoms with van der Waals surface area (Å²) in [6.07, 6.45) is -0.989. The van der Waals surface area contributed by atoms with Crippen molar-refractivity contribution in [1.29, 1.82) is 0 Å². The number of aliphatic hydroxyl groups excluding tert-OH is 1. The van der Waals surface area contributed by atoms with Gasteiger partial charge in [-0.25, -0.2) is 4.79 Å². The third kappa shape index (κ3) is 8.35. The van der Waals surface area contributed by atoms with Gasteiger partial charge in [-0.2, -0.15) is 0 Å². The number of carboxylic acid groups (broad SMARTS) is 1. The van der Waals surface area contributed by atoms with Crippen LogP contribution in [0.15, 0.2) is 30.3 Å². The van der Waals surface area contributed by atoms with Crippen LogP contribution in [0.5, 0.6) is 0 Å². The first kappa shape index (κ1) is 26.1. The van der Waals surface area contributed by atoms with E-state index in [1.807, 2.05) is 0 Å². The van der Waals surface area contributed by atoms with Gasteiger partial charge in [-0.3, -0.25) is 14.4 Å². The average molecular weight is 437 g/mol. The van der Waals surface area contributed by atoms with Crippen molar-refractivity contribution in [3.8, 4) is 0 Å². The molecule has 0 saturated heterocycles.